The minimum absolute atomic E-state index is 0.0360. The van der Waals surface area contributed by atoms with E-state index >= 15 is 0 Å². The standard InChI is InChI=1S/C19H17F3N4O3/c20-19(21,22)13-4-1-3-12(11-13)17(27)23-8-9-25-18(28)26(14-6-7-14)16(24-25)15-5-2-10-29-15/h1-5,10-11,14H,6-9H2,(H,23,27). The predicted octanol–water partition coefficient (Wildman–Crippen LogP) is 3.09. The quantitative estimate of drug-likeness (QED) is 0.682. The van der Waals surface area contributed by atoms with Crippen molar-refractivity contribution in [2.24, 2.45) is 0 Å². The highest BCUT2D eigenvalue weighted by Crippen LogP contribution is 2.36. The molecular formula is C19H17F3N4O3. The molecule has 1 aliphatic carbocycles. The molecule has 1 amide bonds. The number of carbonyl (C=O) groups is 1. The molecule has 0 spiro atoms. The van der Waals surface area contributed by atoms with Crippen LogP contribution in [0.25, 0.3) is 11.6 Å². The molecule has 1 saturated carbocycles. The van der Waals surface area contributed by atoms with Crippen LogP contribution in [0.1, 0.15) is 34.8 Å². The molecule has 2 heterocycles. The number of aromatic nitrogens is 3. The van der Waals surface area contributed by atoms with E-state index < -0.39 is 17.6 Å². The first-order valence-corrected chi connectivity index (χ1v) is 9.03. The van der Waals surface area contributed by atoms with Crippen molar-refractivity contribution in [2.45, 2.75) is 31.6 Å². The third kappa shape index (κ3) is 3.96. The number of amides is 1. The van der Waals surface area contributed by atoms with E-state index in [2.05, 4.69) is 10.4 Å². The Bertz CT molecular complexity index is 1080. The monoisotopic (exact) mass is 406 g/mol. The second-order valence-electron chi connectivity index (χ2n) is 6.74. The van der Waals surface area contributed by atoms with E-state index in [1.165, 1.54) is 23.1 Å². The summed E-state index contributed by atoms with van der Waals surface area (Å²) >= 11 is 0. The van der Waals surface area contributed by atoms with Gasteiger partial charge in [0.1, 0.15) is 0 Å². The van der Waals surface area contributed by atoms with E-state index in [1.807, 2.05) is 0 Å². The van der Waals surface area contributed by atoms with Crippen LogP contribution in [0.15, 0.2) is 51.9 Å². The van der Waals surface area contributed by atoms with Crippen molar-refractivity contribution in [3.63, 3.8) is 0 Å². The van der Waals surface area contributed by atoms with Crippen LogP contribution in [0, 0.1) is 0 Å². The molecule has 3 aromatic rings. The molecule has 0 bridgehead atoms. The molecule has 1 fully saturated rings. The predicted molar refractivity (Wildman–Crippen MR) is 96.2 cm³/mol. The van der Waals surface area contributed by atoms with Gasteiger partial charge in [-0.2, -0.15) is 13.2 Å². The molecule has 152 valence electrons. The number of benzene rings is 1. The number of halogens is 3. The molecular weight excluding hydrogens is 389 g/mol. The fourth-order valence-electron chi connectivity index (χ4n) is 3.02. The van der Waals surface area contributed by atoms with Crippen LogP contribution >= 0.6 is 0 Å². The minimum atomic E-state index is -4.53. The van der Waals surface area contributed by atoms with Gasteiger partial charge in [-0.1, -0.05) is 6.07 Å². The molecule has 4 rings (SSSR count). The summed E-state index contributed by atoms with van der Waals surface area (Å²) in [6.07, 6.45) is -1.27. The maximum atomic E-state index is 12.8. The van der Waals surface area contributed by atoms with E-state index in [4.69, 9.17) is 4.42 Å². The Kier molecular flexibility index (Phi) is 4.77. The van der Waals surface area contributed by atoms with Crippen LogP contribution in [0.3, 0.4) is 0 Å². The van der Waals surface area contributed by atoms with Gasteiger partial charge in [0, 0.05) is 18.2 Å². The summed E-state index contributed by atoms with van der Waals surface area (Å²) in [7, 11) is 0. The minimum Gasteiger partial charge on any atom is -0.461 e. The molecule has 0 radical (unpaired) electrons. The van der Waals surface area contributed by atoms with Gasteiger partial charge in [-0.05, 0) is 43.2 Å². The number of hydrogen-bond acceptors (Lipinski definition) is 4. The van der Waals surface area contributed by atoms with Gasteiger partial charge in [0.15, 0.2) is 5.76 Å². The second-order valence-corrected chi connectivity index (χ2v) is 6.74. The van der Waals surface area contributed by atoms with E-state index in [0.717, 1.165) is 25.0 Å². The third-order valence-corrected chi connectivity index (χ3v) is 4.59. The lowest BCUT2D eigenvalue weighted by Crippen LogP contribution is -2.32. The first kappa shape index (κ1) is 19.0. The number of alkyl halides is 3. The Morgan fingerprint density at radius 2 is 2.03 bits per heavy atom. The van der Waals surface area contributed by atoms with Crippen molar-refractivity contribution < 1.29 is 22.4 Å². The summed E-state index contributed by atoms with van der Waals surface area (Å²) in [5, 5.41) is 6.83. The van der Waals surface area contributed by atoms with E-state index in [1.54, 1.807) is 16.7 Å². The van der Waals surface area contributed by atoms with Crippen LogP contribution in [0.4, 0.5) is 13.2 Å². The van der Waals surface area contributed by atoms with E-state index in [9.17, 15) is 22.8 Å². The molecule has 2 aromatic heterocycles. The molecule has 0 atom stereocenters. The molecule has 0 aliphatic heterocycles. The Morgan fingerprint density at radius 3 is 2.69 bits per heavy atom. The zero-order chi connectivity index (χ0) is 20.6. The van der Waals surface area contributed by atoms with Crippen molar-refractivity contribution in [1.82, 2.24) is 19.7 Å². The van der Waals surface area contributed by atoms with E-state index in [-0.39, 0.29) is 30.4 Å². The lowest BCUT2D eigenvalue weighted by atomic mass is 10.1. The van der Waals surface area contributed by atoms with E-state index in [0.29, 0.717) is 11.6 Å². The summed E-state index contributed by atoms with van der Waals surface area (Å²) in [6.45, 7) is 0.116. The first-order chi connectivity index (χ1) is 13.8. The summed E-state index contributed by atoms with van der Waals surface area (Å²) < 4.78 is 46.5. The topological polar surface area (TPSA) is 82.1 Å². The van der Waals surface area contributed by atoms with Crippen LogP contribution in [-0.2, 0) is 12.7 Å². The van der Waals surface area contributed by atoms with Crippen LogP contribution in [-0.4, -0.2) is 26.8 Å². The number of nitrogens with zero attached hydrogens (tertiary/aromatic N) is 3. The maximum absolute atomic E-state index is 12.8. The molecule has 29 heavy (non-hydrogen) atoms. The highest BCUT2D eigenvalue weighted by Gasteiger charge is 2.32. The fraction of sp³-hybridized carbons (Fsp3) is 0.316. The number of rotatable bonds is 6. The lowest BCUT2D eigenvalue weighted by Gasteiger charge is -2.09. The molecule has 1 N–H and O–H groups in total. The molecule has 1 aromatic carbocycles. The Labute approximate surface area is 162 Å². The normalized spacial score (nSPS) is 14.2. The summed E-state index contributed by atoms with van der Waals surface area (Å²) in [5.74, 6) is 0.240. The highest BCUT2D eigenvalue weighted by molar-refractivity contribution is 5.94. The van der Waals surface area contributed by atoms with Crippen molar-refractivity contribution in [3.05, 3.63) is 64.3 Å². The first-order valence-electron chi connectivity index (χ1n) is 9.03. The van der Waals surface area contributed by atoms with Crippen molar-refractivity contribution >= 4 is 5.91 Å². The van der Waals surface area contributed by atoms with Crippen molar-refractivity contribution in [3.8, 4) is 11.6 Å². The third-order valence-electron chi connectivity index (χ3n) is 4.59. The SMILES string of the molecule is O=C(NCCn1nc(-c2ccco2)n(C2CC2)c1=O)c1cccc(C(F)(F)F)c1. The van der Waals surface area contributed by atoms with Gasteiger partial charge in [0.25, 0.3) is 5.91 Å². The average molecular weight is 406 g/mol. The summed E-state index contributed by atoms with van der Waals surface area (Å²) in [4.78, 5) is 24.8. The smallest absolute Gasteiger partial charge is 0.416 e. The van der Waals surface area contributed by atoms with Gasteiger partial charge in [-0.25, -0.2) is 9.48 Å². The van der Waals surface area contributed by atoms with Gasteiger partial charge >= 0.3 is 11.9 Å². The number of furan rings is 1. The molecule has 10 heteroatoms. The zero-order valence-electron chi connectivity index (χ0n) is 15.1. The van der Waals surface area contributed by atoms with Crippen LogP contribution in [0.2, 0.25) is 0 Å². The largest absolute Gasteiger partial charge is 0.461 e. The summed E-state index contributed by atoms with van der Waals surface area (Å²) in [5.41, 5.74) is -1.31. The number of nitrogens with one attached hydrogen (secondary N) is 1. The van der Waals surface area contributed by atoms with Gasteiger partial charge in [-0.3, -0.25) is 9.36 Å². The van der Waals surface area contributed by atoms with Gasteiger partial charge in [0.05, 0.1) is 18.4 Å². The molecule has 7 nitrogen and oxygen atoms in total. The average Bonchev–Trinajstić information content (AvgIpc) is 3.26. The second kappa shape index (κ2) is 7.26. The van der Waals surface area contributed by atoms with Gasteiger partial charge in [-0.15, -0.1) is 5.10 Å². The van der Waals surface area contributed by atoms with Crippen molar-refractivity contribution in [2.75, 3.05) is 6.54 Å². The molecule has 1 aliphatic rings. The Hall–Kier alpha value is -3.30. The van der Waals surface area contributed by atoms with Crippen LogP contribution in [0.5, 0.6) is 0 Å². The fourth-order valence-corrected chi connectivity index (χ4v) is 3.02. The maximum Gasteiger partial charge on any atom is 0.416 e. The number of hydrogen-bond donors (Lipinski definition) is 1. The zero-order valence-corrected chi connectivity index (χ0v) is 15.1. The summed E-state index contributed by atoms with van der Waals surface area (Å²) in [6, 6.07) is 7.65. The van der Waals surface area contributed by atoms with Crippen LogP contribution < -0.4 is 11.0 Å². The van der Waals surface area contributed by atoms with Crippen molar-refractivity contribution in [1.29, 1.82) is 0 Å². The molecule has 0 unspecified atom stereocenters. The van der Waals surface area contributed by atoms with Gasteiger partial charge < -0.3 is 9.73 Å². The molecule has 0 saturated heterocycles. The Morgan fingerprint density at radius 1 is 1.24 bits per heavy atom. The van der Waals surface area contributed by atoms with Gasteiger partial charge in [0.2, 0.25) is 5.82 Å². The number of carbonyl (C=O) groups excluding carboxylic acids is 1. The lowest BCUT2D eigenvalue weighted by molar-refractivity contribution is -0.137. The highest BCUT2D eigenvalue weighted by atomic mass is 19.4. The Balaban J connectivity index is 1.46.